The number of nitrogens with zero attached hydrogens (tertiary/aromatic N) is 3. The Morgan fingerprint density at radius 2 is 1.92 bits per heavy atom. The summed E-state index contributed by atoms with van der Waals surface area (Å²) in [7, 11) is -1.75. The van der Waals surface area contributed by atoms with Gasteiger partial charge < -0.3 is 4.90 Å². The molecule has 0 saturated carbocycles. The molecule has 140 valence electrons. The van der Waals surface area contributed by atoms with E-state index in [4.69, 9.17) is 11.6 Å². The Kier molecular flexibility index (Phi) is 5.79. The molecule has 1 aromatic carbocycles. The van der Waals surface area contributed by atoms with Crippen LogP contribution in [0.15, 0.2) is 41.4 Å². The maximum atomic E-state index is 13.9. The Morgan fingerprint density at radius 1 is 1.19 bits per heavy atom. The van der Waals surface area contributed by atoms with E-state index >= 15 is 0 Å². The van der Waals surface area contributed by atoms with Crippen LogP contribution in [0.5, 0.6) is 0 Å². The van der Waals surface area contributed by atoms with Crippen molar-refractivity contribution >= 4 is 27.4 Å². The van der Waals surface area contributed by atoms with Crippen LogP contribution >= 0.6 is 11.6 Å². The fraction of sp³-hybridized carbons (Fsp3) is 0.389. The van der Waals surface area contributed by atoms with Crippen molar-refractivity contribution < 1.29 is 12.8 Å². The minimum atomic E-state index is -3.51. The number of piperidine rings is 1. The normalized spacial score (nSPS) is 15.8. The lowest BCUT2D eigenvalue weighted by Crippen LogP contribution is -2.35. The highest BCUT2D eigenvalue weighted by molar-refractivity contribution is 7.89. The molecule has 3 rings (SSSR count). The van der Waals surface area contributed by atoms with E-state index in [1.54, 1.807) is 36.2 Å². The second kappa shape index (κ2) is 7.90. The van der Waals surface area contributed by atoms with Crippen molar-refractivity contribution in [3.8, 4) is 0 Å². The van der Waals surface area contributed by atoms with Crippen molar-refractivity contribution in [1.29, 1.82) is 0 Å². The number of hydrogen-bond acceptors (Lipinski definition) is 4. The second-order valence-electron chi connectivity index (χ2n) is 6.37. The third-order valence-electron chi connectivity index (χ3n) is 4.52. The van der Waals surface area contributed by atoms with Crippen LogP contribution in [0.3, 0.4) is 0 Å². The van der Waals surface area contributed by atoms with Gasteiger partial charge in [-0.3, -0.25) is 0 Å². The number of rotatable bonds is 5. The van der Waals surface area contributed by atoms with Gasteiger partial charge in [0.15, 0.2) is 0 Å². The van der Waals surface area contributed by atoms with Crippen LogP contribution in [0.2, 0.25) is 5.02 Å². The van der Waals surface area contributed by atoms with Gasteiger partial charge in [-0.05, 0) is 37.1 Å². The summed E-state index contributed by atoms with van der Waals surface area (Å²) in [4.78, 5) is 6.15. The molecule has 0 spiro atoms. The van der Waals surface area contributed by atoms with E-state index in [0.717, 1.165) is 19.3 Å². The van der Waals surface area contributed by atoms with E-state index in [1.165, 1.54) is 16.6 Å². The Bertz CT molecular complexity index is 848. The van der Waals surface area contributed by atoms with Gasteiger partial charge in [-0.2, -0.15) is 4.31 Å². The first-order valence-corrected chi connectivity index (χ1v) is 10.3. The number of sulfonamides is 1. The summed E-state index contributed by atoms with van der Waals surface area (Å²) in [5.74, 6) is 0.163. The predicted octanol–water partition coefficient (Wildman–Crippen LogP) is 3.69. The number of aromatic nitrogens is 1. The van der Waals surface area contributed by atoms with Gasteiger partial charge in [-0.15, -0.1) is 0 Å². The van der Waals surface area contributed by atoms with Crippen LogP contribution in [0.25, 0.3) is 0 Å². The Balaban J connectivity index is 1.76. The summed E-state index contributed by atoms with van der Waals surface area (Å²) in [5, 5.41) is 0.348. The quantitative estimate of drug-likeness (QED) is 0.772. The van der Waals surface area contributed by atoms with Gasteiger partial charge in [-0.25, -0.2) is 17.8 Å². The average molecular weight is 398 g/mol. The van der Waals surface area contributed by atoms with Crippen molar-refractivity contribution in [1.82, 2.24) is 9.29 Å². The first-order valence-electron chi connectivity index (χ1n) is 8.50. The summed E-state index contributed by atoms with van der Waals surface area (Å²) in [6, 6.07) is 7.73. The van der Waals surface area contributed by atoms with E-state index in [1.807, 2.05) is 0 Å². The molecule has 2 aromatic rings. The molecular formula is C18H21ClFN3O2S. The second-order valence-corrected chi connectivity index (χ2v) is 8.72. The summed E-state index contributed by atoms with van der Waals surface area (Å²) >= 11 is 6.06. The minimum Gasteiger partial charge on any atom is -0.355 e. The van der Waals surface area contributed by atoms with Crippen molar-refractivity contribution in [3.05, 3.63) is 52.9 Å². The zero-order valence-electron chi connectivity index (χ0n) is 14.5. The zero-order valence-corrected chi connectivity index (χ0v) is 16.1. The molecule has 1 fully saturated rings. The number of halogens is 2. The molecule has 0 N–H and O–H groups in total. The monoisotopic (exact) mass is 397 g/mol. The van der Waals surface area contributed by atoms with Crippen molar-refractivity contribution in [3.63, 3.8) is 0 Å². The third kappa shape index (κ3) is 4.00. The molecule has 1 aliphatic rings. The SMILES string of the molecule is CN(Cc1c(F)cccc1Cl)c1ccc(S(=O)(=O)N2CCCCC2)cn1. The lowest BCUT2D eigenvalue weighted by Gasteiger charge is -2.26. The van der Waals surface area contributed by atoms with Gasteiger partial charge >= 0.3 is 0 Å². The molecule has 0 unspecified atom stereocenters. The number of anilines is 1. The van der Waals surface area contributed by atoms with Gasteiger partial charge in [0.1, 0.15) is 16.5 Å². The van der Waals surface area contributed by atoms with Crippen molar-refractivity contribution in [2.45, 2.75) is 30.7 Å². The molecule has 0 aliphatic carbocycles. The number of benzene rings is 1. The van der Waals surface area contributed by atoms with Crippen molar-refractivity contribution in [2.75, 3.05) is 25.0 Å². The predicted molar refractivity (Wildman–Crippen MR) is 100 cm³/mol. The van der Waals surface area contributed by atoms with Gasteiger partial charge in [0.2, 0.25) is 10.0 Å². The van der Waals surface area contributed by atoms with E-state index in [9.17, 15) is 12.8 Å². The Labute approximate surface area is 158 Å². The summed E-state index contributed by atoms with van der Waals surface area (Å²) < 4.78 is 40.8. The molecule has 5 nitrogen and oxygen atoms in total. The number of pyridine rings is 1. The molecule has 0 bridgehead atoms. The Morgan fingerprint density at radius 3 is 2.54 bits per heavy atom. The first kappa shape index (κ1) is 19.1. The first-order chi connectivity index (χ1) is 12.4. The van der Waals surface area contributed by atoms with E-state index < -0.39 is 10.0 Å². The van der Waals surface area contributed by atoms with E-state index in [-0.39, 0.29) is 17.3 Å². The van der Waals surface area contributed by atoms with Crippen LogP contribution in [0, 0.1) is 5.82 Å². The highest BCUT2D eigenvalue weighted by atomic mass is 35.5. The lowest BCUT2D eigenvalue weighted by molar-refractivity contribution is 0.346. The van der Waals surface area contributed by atoms with Crippen LogP contribution < -0.4 is 4.90 Å². The highest BCUT2D eigenvalue weighted by Gasteiger charge is 2.26. The number of hydrogen-bond donors (Lipinski definition) is 0. The molecular weight excluding hydrogens is 377 g/mol. The smallest absolute Gasteiger partial charge is 0.244 e. The van der Waals surface area contributed by atoms with Gasteiger partial charge in [-0.1, -0.05) is 24.1 Å². The maximum absolute atomic E-state index is 13.9. The lowest BCUT2D eigenvalue weighted by atomic mass is 10.2. The molecule has 0 amide bonds. The van der Waals surface area contributed by atoms with Crippen LogP contribution in [0.4, 0.5) is 10.2 Å². The maximum Gasteiger partial charge on any atom is 0.244 e. The van der Waals surface area contributed by atoms with Gasteiger partial charge in [0.05, 0.1) is 0 Å². The molecule has 8 heteroatoms. The summed E-state index contributed by atoms with van der Waals surface area (Å²) in [5.41, 5.74) is 0.378. The molecule has 0 atom stereocenters. The molecule has 2 heterocycles. The fourth-order valence-corrected chi connectivity index (χ4v) is 4.69. The van der Waals surface area contributed by atoms with Crippen molar-refractivity contribution in [2.24, 2.45) is 0 Å². The largest absolute Gasteiger partial charge is 0.355 e. The topological polar surface area (TPSA) is 53.5 Å². The van der Waals surface area contributed by atoms with E-state index in [2.05, 4.69) is 4.98 Å². The summed E-state index contributed by atoms with van der Waals surface area (Å²) in [6.45, 7) is 1.34. The van der Waals surface area contributed by atoms with Gasteiger partial charge in [0.25, 0.3) is 0 Å². The van der Waals surface area contributed by atoms with E-state index in [0.29, 0.717) is 29.5 Å². The van der Waals surface area contributed by atoms with Crippen LogP contribution in [-0.2, 0) is 16.6 Å². The summed E-state index contributed by atoms with van der Waals surface area (Å²) in [6.07, 6.45) is 4.19. The van der Waals surface area contributed by atoms with Crippen LogP contribution in [0.1, 0.15) is 24.8 Å². The average Bonchev–Trinajstić information content (AvgIpc) is 2.65. The standard InChI is InChI=1S/C18H21ClFN3O2S/c1-22(13-15-16(19)6-5-7-17(15)20)18-9-8-14(12-21-18)26(24,25)23-10-3-2-4-11-23/h5-9,12H,2-4,10-11,13H2,1H3. The fourth-order valence-electron chi connectivity index (χ4n) is 3.01. The zero-order chi connectivity index (χ0) is 18.7. The molecule has 1 aliphatic heterocycles. The molecule has 26 heavy (non-hydrogen) atoms. The van der Waals surface area contributed by atoms with Crippen LogP contribution in [-0.4, -0.2) is 37.8 Å². The van der Waals surface area contributed by atoms with Gasteiger partial charge in [0, 0.05) is 43.5 Å². The highest BCUT2D eigenvalue weighted by Crippen LogP contribution is 2.24. The minimum absolute atomic E-state index is 0.181. The molecule has 1 saturated heterocycles. The Hall–Kier alpha value is -1.70. The molecule has 0 radical (unpaired) electrons. The molecule has 1 aromatic heterocycles. The third-order valence-corrected chi connectivity index (χ3v) is 6.76.